The molecule has 0 aliphatic heterocycles. The van der Waals surface area contributed by atoms with Crippen molar-refractivity contribution in [3.8, 4) is 0 Å². The summed E-state index contributed by atoms with van der Waals surface area (Å²) in [5.41, 5.74) is 1.84. The number of nitrogens with zero attached hydrogens (tertiary/aromatic N) is 3. The van der Waals surface area contributed by atoms with Crippen LogP contribution in [0.25, 0.3) is 10.9 Å². The van der Waals surface area contributed by atoms with E-state index >= 15 is 0 Å². The number of nitrogens with one attached hydrogen (secondary N) is 3. The van der Waals surface area contributed by atoms with Gasteiger partial charge in [0.1, 0.15) is 17.5 Å². The lowest BCUT2D eigenvalue weighted by molar-refractivity contribution is 0.586. The van der Waals surface area contributed by atoms with Crippen molar-refractivity contribution >= 4 is 50.1 Å². The number of rotatable bonds is 5. The summed E-state index contributed by atoms with van der Waals surface area (Å²) in [5, 5.41) is 14.2. The van der Waals surface area contributed by atoms with Gasteiger partial charge >= 0.3 is 0 Å². The van der Waals surface area contributed by atoms with E-state index in [9.17, 15) is 8.78 Å². The lowest BCUT2D eigenvalue weighted by atomic mass is 10.2. The Morgan fingerprint density at radius 1 is 1.00 bits per heavy atom. The van der Waals surface area contributed by atoms with Gasteiger partial charge in [0.15, 0.2) is 5.82 Å². The Morgan fingerprint density at radius 2 is 1.86 bits per heavy atom. The zero-order valence-corrected chi connectivity index (χ0v) is 16.6. The molecule has 0 unspecified atom stereocenters. The van der Waals surface area contributed by atoms with E-state index in [0.29, 0.717) is 23.1 Å². The summed E-state index contributed by atoms with van der Waals surface area (Å²) in [6.07, 6.45) is 2.34. The lowest BCUT2D eigenvalue weighted by Crippen LogP contribution is -2.03. The van der Waals surface area contributed by atoms with Gasteiger partial charge in [0.2, 0.25) is 5.95 Å². The molecule has 2 aromatic carbocycles. The Morgan fingerprint density at radius 3 is 2.66 bits per heavy atom. The molecule has 1 saturated carbocycles. The van der Waals surface area contributed by atoms with Gasteiger partial charge in [-0.2, -0.15) is 10.1 Å². The van der Waals surface area contributed by atoms with Gasteiger partial charge < -0.3 is 10.6 Å². The summed E-state index contributed by atoms with van der Waals surface area (Å²) in [5.74, 6) is 0.536. The molecule has 9 heteroatoms. The molecule has 0 atom stereocenters. The van der Waals surface area contributed by atoms with Crippen molar-refractivity contribution in [3.05, 3.63) is 64.3 Å². The molecule has 6 nitrogen and oxygen atoms in total. The number of H-pyrrole nitrogens is 1. The summed E-state index contributed by atoms with van der Waals surface area (Å²) in [6, 6.07) is 10.9. The number of halogens is 3. The molecule has 2 aromatic heterocycles. The number of hydrogen-bond acceptors (Lipinski definition) is 5. The maximum atomic E-state index is 14.1. The highest BCUT2D eigenvalue weighted by Gasteiger charge is 2.25. The van der Waals surface area contributed by atoms with Crippen LogP contribution in [0.1, 0.15) is 24.5 Å². The van der Waals surface area contributed by atoms with Gasteiger partial charge in [0, 0.05) is 33.6 Å². The number of aromatic nitrogens is 4. The van der Waals surface area contributed by atoms with Crippen LogP contribution in [0.4, 0.5) is 32.1 Å². The Bertz CT molecular complexity index is 1220. The molecule has 2 heterocycles. The number of anilines is 4. The monoisotopic (exact) mass is 456 g/mol. The maximum absolute atomic E-state index is 14.1. The molecule has 1 aliphatic carbocycles. The number of fused-ring (bicyclic) bond motifs is 1. The van der Waals surface area contributed by atoms with E-state index in [0.717, 1.165) is 21.6 Å². The number of hydrogen-bond donors (Lipinski definition) is 3. The van der Waals surface area contributed by atoms with E-state index in [1.165, 1.54) is 25.0 Å². The van der Waals surface area contributed by atoms with E-state index in [4.69, 9.17) is 0 Å². The fraction of sp³-hybridized carbons (Fsp3) is 0.150. The van der Waals surface area contributed by atoms with Gasteiger partial charge in [-0.15, -0.1) is 0 Å². The van der Waals surface area contributed by atoms with Gasteiger partial charge in [-0.25, -0.2) is 13.8 Å². The largest absolute Gasteiger partial charge is 0.323 e. The summed E-state index contributed by atoms with van der Waals surface area (Å²) >= 11 is 3.44. The van der Waals surface area contributed by atoms with Crippen molar-refractivity contribution in [3.63, 3.8) is 0 Å². The van der Waals surface area contributed by atoms with Crippen LogP contribution in [-0.2, 0) is 0 Å². The second-order valence-corrected chi connectivity index (χ2v) is 7.83. The third-order valence-corrected chi connectivity index (χ3v) is 5.19. The van der Waals surface area contributed by atoms with Crippen LogP contribution in [0.15, 0.2) is 46.9 Å². The molecule has 0 amide bonds. The topological polar surface area (TPSA) is 78.5 Å². The van der Waals surface area contributed by atoms with Crippen molar-refractivity contribution in [2.45, 2.75) is 18.8 Å². The van der Waals surface area contributed by atoms with Crippen molar-refractivity contribution in [2.24, 2.45) is 0 Å². The van der Waals surface area contributed by atoms with Gasteiger partial charge in [0.05, 0.1) is 11.2 Å². The Hall–Kier alpha value is -3.07. The summed E-state index contributed by atoms with van der Waals surface area (Å²) in [7, 11) is 0. The van der Waals surface area contributed by atoms with Crippen LogP contribution in [0.2, 0.25) is 0 Å². The molecule has 146 valence electrons. The van der Waals surface area contributed by atoms with Gasteiger partial charge in [0.25, 0.3) is 0 Å². The first-order valence-corrected chi connectivity index (χ1v) is 9.86. The third kappa shape index (κ3) is 3.77. The minimum Gasteiger partial charge on any atom is -0.323 e. The minimum absolute atomic E-state index is 0.0856. The third-order valence-electron chi connectivity index (χ3n) is 4.70. The molecule has 5 rings (SSSR count). The van der Waals surface area contributed by atoms with Crippen LogP contribution in [0.5, 0.6) is 0 Å². The van der Waals surface area contributed by atoms with Gasteiger partial charge in [-0.3, -0.25) is 5.10 Å². The molecule has 1 fully saturated rings. The number of aromatic amines is 1. The fourth-order valence-electron chi connectivity index (χ4n) is 3.09. The fourth-order valence-corrected chi connectivity index (χ4v) is 3.44. The SMILES string of the molecule is Fc1ccc(Nc2nc(Nc3cc(C4CC4)[nH]n3)c3ccc(Br)cc3n2)c(F)c1. The lowest BCUT2D eigenvalue weighted by Gasteiger charge is -2.11. The Balaban J connectivity index is 1.53. The maximum Gasteiger partial charge on any atom is 0.229 e. The first kappa shape index (κ1) is 18.0. The van der Waals surface area contributed by atoms with Gasteiger partial charge in [-0.1, -0.05) is 15.9 Å². The van der Waals surface area contributed by atoms with Crippen LogP contribution in [0, 0.1) is 11.6 Å². The molecule has 0 radical (unpaired) electrons. The highest BCUT2D eigenvalue weighted by atomic mass is 79.9. The molecule has 4 aromatic rings. The molecular weight excluding hydrogens is 442 g/mol. The Labute approximate surface area is 172 Å². The zero-order valence-electron chi connectivity index (χ0n) is 15.0. The number of benzene rings is 2. The van der Waals surface area contributed by atoms with E-state index in [1.54, 1.807) is 0 Å². The highest BCUT2D eigenvalue weighted by molar-refractivity contribution is 9.10. The van der Waals surface area contributed by atoms with Crippen LogP contribution in [0.3, 0.4) is 0 Å². The molecule has 3 N–H and O–H groups in total. The normalized spacial score (nSPS) is 13.6. The van der Waals surface area contributed by atoms with Crippen LogP contribution >= 0.6 is 15.9 Å². The van der Waals surface area contributed by atoms with E-state index < -0.39 is 11.6 Å². The molecule has 29 heavy (non-hydrogen) atoms. The quantitative estimate of drug-likeness (QED) is 0.355. The minimum atomic E-state index is -0.723. The second-order valence-electron chi connectivity index (χ2n) is 6.91. The van der Waals surface area contributed by atoms with Gasteiger partial charge in [-0.05, 0) is 43.2 Å². The molecule has 0 spiro atoms. The van der Waals surface area contributed by atoms with E-state index in [1.807, 2.05) is 24.3 Å². The first-order chi connectivity index (χ1) is 14.0. The van der Waals surface area contributed by atoms with Crippen LogP contribution in [-0.4, -0.2) is 20.2 Å². The molecule has 0 bridgehead atoms. The zero-order chi connectivity index (χ0) is 20.0. The predicted octanol–water partition coefficient (Wildman–Crippen LogP) is 5.76. The van der Waals surface area contributed by atoms with Crippen molar-refractivity contribution in [2.75, 3.05) is 10.6 Å². The van der Waals surface area contributed by atoms with Crippen molar-refractivity contribution < 1.29 is 8.78 Å². The second kappa shape index (κ2) is 7.07. The smallest absolute Gasteiger partial charge is 0.229 e. The predicted molar refractivity (Wildman–Crippen MR) is 111 cm³/mol. The van der Waals surface area contributed by atoms with E-state index in [2.05, 4.69) is 46.7 Å². The highest BCUT2D eigenvalue weighted by Crippen LogP contribution is 2.40. The standard InChI is InChI=1S/C20H15BrF2N6/c21-11-3-5-13-17(7-11)25-20(24-15-6-4-12(22)8-14(15)23)27-19(13)26-18-9-16(28-29-18)10-1-2-10/h3-10H,1-2H2,(H3,24,25,26,27,28,29). The first-order valence-electron chi connectivity index (χ1n) is 9.07. The Kier molecular flexibility index (Phi) is 4.39. The molecule has 0 saturated heterocycles. The average molecular weight is 457 g/mol. The molecule has 1 aliphatic rings. The van der Waals surface area contributed by atoms with Crippen molar-refractivity contribution in [1.29, 1.82) is 0 Å². The summed E-state index contributed by atoms with van der Waals surface area (Å²) in [4.78, 5) is 8.95. The summed E-state index contributed by atoms with van der Waals surface area (Å²) < 4.78 is 28.1. The van der Waals surface area contributed by atoms with Crippen LogP contribution < -0.4 is 10.6 Å². The average Bonchev–Trinajstić information content (AvgIpc) is 3.43. The van der Waals surface area contributed by atoms with Crippen molar-refractivity contribution in [1.82, 2.24) is 20.2 Å². The summed E-state index contributed by atoms with van der Waals surface area (Å²) in [6.45, 7) is 0. The molecular formula is C20H15BrF2N6. The van der Waals surface area contributed by atoms with E-state index in [-0.39, 0.29) is 11.6 Å².